The minimum absolute atomic E-state index is 0.107. The van der Waals surface area contributed by atoms with Gasteiger partial charge in [-0.3, -0.25) is 9.89 Å². The van der Waals surface area contributed by atoms with E-state index >= 15 is 0 Å². The number of hydrogen-bond donors (Lipinski definition) is 2. The van der Waals surface area contributed by atoms with Crippen LogP contribution in [0.3, 0.4) is 0 Å². The third-order valence-corrected chi connectivity index (χ3v) is 4.72. The minimum atomic E-state index is -4.35. The van der Waals surface area contributed by atoms with Crippen molar-refractivity contribution in [3.05, 3.63) is 52.3 Å². The van der Waals surface area contributed by atoms with E-state index in [0.29, 0.717) is 31.4 Å². The second-order valence-electron chi connectivity index (χ2n) is 6.63. The summed E-state index contributed by atoms with van der Waals surface area (Å²) in [6.45, 7) is 0.318. The van der Waals surface area contributed by atoms with Crippen LogP contribution >= 0.6 is 0 Å². The zero-order valence-electron chi connectivity index (χ0n) is 14.5. The predicted octanol–water partition coefficient (Wildman–Crippen LogP) is 3.60. The van der Waals surface area contributed by atoms with Crippen molar-refractivity contribution in [2.45, 2.75) is 51.1 Å². The van der Waals surface area contributed by atoms with Gasteiger partial charge in [0.1, 0.15) is 0 Å². The van der Waals surface area contributed by atoms with Crippen LogP contribution in [0.25, 0.3) is 0 Å². The first-order valence-electron chi connectivity index (χ1n) is 8.91. The molecule has 0 bridgehead atoms. The van der Waals surface area contributed by atoms with Gasteiger partial charge in [-0.15, -0.1) is 0 Å². The van der Waals surface area contributed by atoms with Crippen LogP contribution < -0.4 is 5.32 Å². The van der Waals surface area contributed by atoms with Crippen molar-refractivity contribution in [2.75, 3.05) is 6.54 Å². The Bertz CT molecular complexity index is 768. The highest BCUT2D eigenvalue weighted by Crippen LogP contribution is 2.29. The first-order chi connectivity index (χ1) is 12.4. The number of aromatic amines is 1. The molecule has 1 amide bonds. The number of carbonyl (C=O) groups excluding carboxylic acids is 1. The Morgan fingerprint density at radius 3 is 2.81 bits per heavy atom. The van der Waals surface area contributed by atoms with Crippen molar-refractivity contribution >= 4 is 5.91 Å². The first-order valence-corrected chi connectivity index (χ1v) is 8.91. The number of rotatable bonds is 6. The lowest BCUT2D eigenvalue weighted by molar-refractivity contribution is -0.137. The van der Waals surface area contributed by atoms with Crippen molar-refractivity contribution in [3.8, 4) is 0 Å². The lowest BCUT2D eigenvalue weighted by Crippen LogP contribution is -2.26. The van der Waals surface area contributed by atoms with Crippen LogP contribution in [-0.2, 0) is 36.7 Å². The number of benzene rings is 1. The summed E-state index contributed by atoms with van der Waals surface area (Å²) in [4.78, 5) is 12.0. The van der Waals surface area contributed by atoms with Crippen LogP contribution in [0.5, 0.6) is 0 Å². The van der Waals surface area contributed by atoms with Gasteiger partial charge in [0.25, 0.3) is 0 Å². The van der Waals surface area contributed by atoms with Gasteiger partial charge in [-0.05, 0) is 49.3 Å². The molecule has 2 aromatic rings. The molecule has 1 aromatic heterocycles. The van der Waals surface area contributed by atoms with E-state index in [1.165, 1.54) is 23.7 Å². The maximum absolute atomic E-state index is 12.7. The topological polar surface area (TPSA) is 57.8 Å². The van der Waals surface area contributed by atoms with Crippen LogP contribution in [0.1, 0.15) is 47.3 Å². The molecule has 0 fully saturated rings. The van der Waals surface area contributed by atoms with E-state index in [0.717, 1.165) is 37.1 Å². The van der Waals surface area contributed by atoms with Crippen LogP contribution in [0, 0.1) is 0 Å². The number of aromatic nitrogens is 2. The Morgan fingerprint density at radius 2 is 2.00 bits per heavy atom. The molecule has 1 aliphatic rings. The number of amides is 1. The second-order valence-corrected chi connectivity index (χ2v) is 6.63. The van der Waals surface area contributed by atoms with Gasteiger partial charge < -0.3 is 5.32 Å². The first kappa shape index (κ1) is 18.5. The molecular weight excluding hydrogens is 343 g/mol. The molecule has 0 saturated carbocycles. The largest absolute Gasteiger partial charge is 0.416 e. The number of nitrogens with one attached hydrogen (secondary N) is 2. The standard InChI is InChI=1S/C19H22F3N3O/c20-19(21,22)14-5-3-4-13(12-14)10-11-23-18(26)9-8-17-15-6-1-2-7-16(15)24-25-17/h3-5,12H,1-2,6-11H2,(H,23,26)(H,24,25). The average Bonchev–Trinajstić information content (AvgIpc) is 3.03. The summed E-state index contributed by atoms with van der Waals surface area (Å²) in [7, 11) is 0. The minimum Gasteiger partial charge on any atom is -0.356 e. The molecule has 0 atom stereocenters. The summed E-state index contributed by atoms with van der Waals surface area (Å²) in [5.74, 6) is -0.107. The third-order valence-electron chi connectivity index (χ3n) is 4.72. The van der Waals surface area contributed by atoms with Crippen molar-refractivity contribution in [1.82, 2.24) is 15.5 Å². The van der Waals surface area contributed by atoms with E-state index in [2.05, 4.69) is 15.5 Å². The van der Waals surface area contributed by atoms with Crippen LogP contribution in [0.15, 0.2) is 24.3 Å². The number of halogens is 3. The highest BCUT2D eigenvalue weighted by molar-refractivity contribution is 5.76. The molecule has 0 saturated heterocycles. The molecule has 140 valence electrons. The summed E-state index contributed by atoms with van der Waals surface area (Å²) in [6, 6.07) is 5.20. The zero-order valence-corrected chi connectivity index (χ0v) is 14.5. The SMILES string of the molecule is O=C(CCc1n[nH]c2c1CCCC2)NCCc1cccc(C(F)(F)F)c1. The van der Waals surface area contributed by atoms with Gasteiger partial charge >= 0.3 is 6.18 Å². The molecule has 0 spiro atoms. The van der Waals surface area contributed by atoms with Gasteiger partial charge in [-0.25, -0.2) is 0 Å². The van der Waals surface area contributed by atoms with Crippen molar-refractivity contribution < 1.29 is 18.0 Å². The Labute approximate surface area is 150 Å². The van der Waals surface area contributed by atoms with E-state index in [9.17, 15) is 18.0 Å². The fourth-order valence-corrected chi connectivity index (χ4v) is 3.33. The second kappa shape index (κ2) is 7.93. The maximum atomic E-state index is 12.7. The molecule has 1 heterocycles. The van der Waals surface area contributed by atoms with E-state index in [4.69, 9.17) is 0 Å². The Kier molecular flexibility index (Phi) is 5.64. The Hall–Kier alpha value is -2.31. The maximum Gasteiger partial charge on any atom is 0.416 e. The summed E-state index contributed by atoms with van der Waals surface area (Å²) in [6.07, 6.45) is 1.30. The molecule has 4 nitrogen and oxygen atoms in total. The van der Waals surface area contributed by atoms with Crippen molar-refractivity contribution in [1.29, 1.82) is 0 Å². The summed E-state index contributed by atoms with van der Waals surface area (Å²) >= 11 is 0. The van der Waals surface area contributed by atoms with Crippen molar-refractivity contribution in [2.24, 2.45) is 0 Å². The normalized spacial score (nSPS) is 14.1. The highest BCUT2D eigenvalue weighted by atomic mass is 19.4. The van der Waals surface area contributed by atoms with Gasteiger partial charge in [0.2, 0.25) is 5.91 Å². The lowest BCUT2D eigenvalue weighted by atomic mass is 9.94. The number of nitrogens with zero attached hydrogens (tertiary/aromatic N) is 1. The molecule has 2 N–H and O–H groups in total. The Balaban J connectivity index is 1.44. The molecule has 26 heavy (non-hydrogen) atoms. The monoisotopic (exact) mass is 365 g/mol. The lowest BCUT2D eigenvalue weighted by Gasteiger charge is -2.11. The molecule has 7 heteroatoms. The van der Waals surface area contributed by atoms with Gasteiger partial charge in [-0.2, -0.15) is 18.3 Å². The number of hydrogen-bond acceptors (Lipinski definition) is 2. The molecule has 0 aliphatic heterocycles. The van der Waals surface area contributed by atoms with E-state index in [-0.39, 0.29) is 5.91 Å². The summed E-state index contributed by atoms with van der Waals surface area (Å²) < 4.78 is 38.1. The molecule has 0 radical (unpaired) electrons. The van der Waals surface area contributed by atoms with Crippen molar-refractivity contribution in [3.63, 3.8) is 0 Å². The van der Waals surface area contributed by atoms with Gasteiger partial charge in [0, 0.05) is 25.1 Å². The van der Waals surface area contributed by atoms with Gasteiger partial charge in [0.15, 0.2) is 0 Å². The summed E-state index contributed by atoms with van der Waals surface area (Å²) in [5.41, 5.74) is 3.31. The van der Waals surface area contributed by atoms with Crippen LogP contribution in [0.4, 0.5) is 13.2 Å². The Morgan fingerprint density at radius 1 is 1.19 bits per heavy atom. The van der Waals surface area contributed by atoms with Crippen LogP contribution in [-0.4, -0.2) is 22.6 Å². The smallest absolute Gasteiger partial charge is 0.356 e. The average molecular weight is 365 g/mol. The quantitative estimate of drug-likeness (QED) is 0.822. The molecule has 1 aromatic carbocycles. The zero-order chi connectivity index (χ0) is 18.6. The fourth-order valence-electron chi connectivity index (χ4n) is 3.33. The van der Waals surface area contributed by atoms with E-state index < -0.39 is 11.7 Å². The van der Waals surface area contributed by atoms with Gasteiger partial charge in [0.05, 0.1) is 11.3 Å². The molecule has 0 unspecified atom stereocenters. The van der Waals surface area contributed by atoms with E-state index in [1.807, 2.05) is 0 Å². The van der Waals surface area contributed by atoms with Gasteiger partial charge in [-0.1, -0.05) is 18.2 Å². The van der Waals surface area contributed by atoms with Crippen LogP contribution in [0.2, 0.25) is 0 Å². The molecular formula is C19H22F3N3O. The molecule has 1 aliphatic carbocycles. The number of fused-ring (bicyclic) bond motifs is 1. The predicted molar refractivity (Wildman–Crippen MR) is 91.7 cm³/mol. The third kappa shape index (κ3) is 4.65. The molecule has 3 rings (SSSR count). The number of H-pyrrole nitrogens is 1. The number of alkyl halides is 3. The van der Waals surface area contributed by atoms with E-state index in [1.54, 1.807) is 6.07 Å². The fraction of sp³-hybridized carbons (Fsp3) is 0.474. The highest BCUT2D eigenvalue weighted by Gasteiger charge is 2.30. The number of carbonyl (C=O) groups is 1. The number of aryl methyl sites for hydroxylation is 2. The summed E-state index contributed by atoms with van der Waals surface area (Å²) in [5, 5.41) is 10.2.